The number of hydrogen-bond acceptors (Lipinski definition) is 5. The topological polar surface area (TPSA) is 82.3 Å². The number of hydrogen-bond donors (Lipinski definition) is 0. The molecule has 1 aromatic carbocycles. The molecule has 0 saturated heterocycles. The average molecular weight is 294 g/mol. The van der Waals surface area contributed by atoms with Crippen molar-refractivity contribution in [1.29, 1.82) is 0 Å². The first-order valence-corrected chi connectivity index (χ1v) is 5.68. The number of para-hydroxylation sites is 1. The number of carbonyl (C=O) groups is 1. The number of nitro benzene ring substituents is 1. The number of nitrogens with zero attached hydrogens (tertiary/aromatic N) is 2. The molecule has 0 saturated carbocycles. The standard InChI is InChI=1S/C13H8F2N2O4/c14-13(15)21-10-6-3-4-8(11(10)17(19)20)12(18)9-5-1-2-7-16-9/h1-7,13H. The van der Waals surface area contributed by atoms with Gasteiger partial charge in [0.2, 0.25) is 11.5 Å². The van der Waals surface area contributed by atoms with Gasteiger partial charge in [0.15, 0.2) is 0 Å². The summed E-state index contributed by atoms with van der Waals surface area (Å²) in [6.07, 6.45) is 1.35. The molecule has 0 aliphatic carbocycles. The van der Waals surface area contributed by atoms with Crippen LogP contribution < -0.4 is 4.74 Å². The molecule has 0 atom stereocenters. The van der Waals surface area contributed by atoms with Crippen LogP contribution in [0.3, 0.4) is 0 Å². The first-order valence-electron chi connectivity index (χ1n) is 5.68. The van der Waals surface area contributed by atoms with Crippen LogP contribution in [-0.2, 0) is 0 Å². The molecule has 1 heterocycles. The van der Waals surface area contributed by atoms with Gasteiger partial charge in [0.05, 0.1) is 4.92 Å². The molecule has 6 nitrogen and oxygen atoms in total. The molecule has 0 unspecified atom stereocenters. The summed E-state index contributed by atoms with van der Waals surface area (Å²) in [5.74, 6) is -1.42. The van der Waals surface area contributed by atoms with Gasteiger partial charge in [0.1, 0.15) is 11.3 Å². The zero-order chi connectivity index (χ0) is 15.4. The Balaban J connectivity index is 2.53. The SMILES string of the molecule is O=C(c1ccccn1)c1cccc(OC(F)F)c1[N+](=O)[O-]. The molecular formula is C13H8F2N2O4. The Morgan fingerprint density at radius 1 is 1.24 bits per heavy atom. The third-order valence-electron chi connectivity index (χ3n) is 2.54. The van der Waals surface area contributed by atoms with Crippen LogP contribution in [0.15, 0.2) is 42.6 Å². The zero-order valence-electron chi connectivity index (χ0n) is 10.4. The predicted molar refractivity (Wildman–Crippen MR) is 67.4 cm³/mol. The quantitative estimate of drug-likeness (QED) is 0.481. The fourth-order valence-corrected chi connectivity index (χ4v) is 1.72. The summed E-state index contributed by atoms with van der Waals surface area (Å²) < 4.78 is 28.6. The Kier molecular flexibility index (Phi) is 4.17. The van der Waals surface area contributed by atoms with Crippen LogP contribution in [0.4, 0.5) is 14.5 Å². The van der Waals surface area contributed by atoms with E-state index in [1.165, 1.54) is 24.4 Å². The number of benzene rings is 1. The summed E-state index contributed by atoms with van der Waals surface area (Å²) in [4.78, 5) is 26.1. The number of halogens is 2. The van der Waals surface area contributed by atoms with Crippen molar-refractivity contribution in [2.24, 2.45) is 0 Å². The smallest absolute Gasteiger partial charge is 0.387 e. The number of alkyl halides is 2. The fraction of sp³-hybridized carbons (Fsp3) is 0.0769. The van der Waals surface area contributed by atoms with Gasteiger partial charge in [0.25, 0.3) is 0 Å². The molecule has 21 heavy (non-hydrogen) atoms. The summed E-state index contributed by atoms with van der Waals surface area (Å²) in [6, 6.07) is 7.85. The van der Waals surface area contributed by atoms with E-state index in [0.717, 1.165) is 12.1 Å². The van der Waals surface area contributed by atoms with Gasteiger partial charge in [-0.1, -0.05) is 12.1 Å². The van der Waals surface area contributed by atoms with Gasteiger partial charge in [-0.3, -0.25) is 19.9 Å². The summed E-state index contributed by atoms with van der Waals surface area (Å²) in [7, 11) is 0. The highest BCUT2D eigenvalue weighted by Crippen LogP contribution is 2.33. The van der Waals surface area contributed by atoms with E-state index in [1.807, 2.05) is 0 Å². The van der Waals surface area contributed by atoms with Crippen molar-refractivity contribution in [2.75, 3.05) is 0 Å². The predicted octanol–water partition coefficient (Wildman–Crippen LogP) is 2.82. The molecule has 0 bridgehead atoms. The fourth-order valence-electron chi connectivity index (χ4n) is 1.72. The largest absolute Gasteiger partial charge is 0.427 e. The maximum Gasteiger partial charge on any atom is 0.387 e. The van der Waals surface area contributed by atoms with Gasteiger partial charge in [-0.2, -0.15) is 8.78 Å². The summed E-state index contributed by atoms with van der Waals surface area (Å²) in [5.41, 5.74) is -1.21. The van der Waals surface area contributed by atoms with Gasteiger partial charge in [-0.05, 0) is 24.3 Å². The summed E-state index contributed by atoms with van der Waals surface area (Å²) >= 11 is 0. The maximum atomic E-state index is 12.3. The molecule has 0 fully saturated rings. The van der Waals surface area contributed by atoms with E-state index in [0.29, 0.717) is 0 Å². The lowest BCUT2D eigenvalue weighted by Crippen LogP contribution is -2.10. The van der Waals surface area contributed by atoms with Crippen LogP contribution in [0.2, 0.25) is 0 Å². The highest BCUT2D eigenvalue weighted by molar-refractivity contribution is 6.10. The first kappa shape index (κ1) is 14.5. The van der Waals surface area contributed by atoms with Crippen molar-refractivity contribution >= 4 is 11.5 Å². The zero-order valence-corrected chi connectivity index (χ0v) is 10.4. The second-order valence-corrected chi connectivity index (χ2v) is 3.83. The molecule has 2 rings (SSSR count). The van der Waals surface area contributed by atoms with Crippen molar-refractivity contribution in [3.8, 4) is 5.75 Å². The molecule has 1 aromatic heterocycles. The van der Waals surface area contributed by atoms with E-state index in [2.05, 4.69) is 9.72 Å². The van der Waals surface area contributed by atoms with E-state index < -0.39 is 28.8 Å². The minimum atomic E-state index is -3.23. The molecule has 0 spiro atoms. The number of nitro groups is 1. The monoisotopic (exact) mass is 294 g/mol. The van der Waals surface area contributed by atoms with Crippen molar-refractivity contribution in [3.63, 3.8) is 0 Å². The Labute approximate surface area is 117 Å². The van der Waals surface area contributed by atoms with Crippen LogP contribution in [-0.4, -0.2) is 22.3 Å². The van der Waals surface area contributed by atoms with Gasteiger partial charge < -0.3 is 4.74 Å². The van der Waals surface area contributed by atoms with Gasteiger partial charge >= 0.3 is 12.3 Å². The normalized spacial score (nSPS) is 10.4. The molecule has 108 valence electrons. The number of aromatic nitrogens is 1. The van der Waals surface area contributed by atoms with E-state index in [1.54, 1.807) is 6.07 Å². The number of ether oxygens (including phenoxy) is 1. The first-order chi connectivity index (χ1) is 10.0. The molecule has 2 aromatic rings. The highest BCUT2D eigenvalue weighted by Gasteiger charge is 2.28. The molecule has 0 amide bonds. The van der Waals surface area contributed by atoms with Crippen LogP contribution in [0.25, 0.3) is 0 Å². The number of ketones is 1. The lowest BCUT2D eigenvalue weighted by Gasteiger charge is -2.08. The van der Waals surface area contributed by atoms with Crippen LogP contribution >= 0.6 is 0 Å². The van der Waals surface area contributed by atoms with Crippen LogP contribution in [0.5, 0.6) is 5.75 Å². The van der Waals surface area contributed by atoms with Crippen molar-refractivity contribution < 1.29 is 23.2 Å². The lowest BCUT2D eigenvalue weighted by molar-refractivity contribution is -0.386. The van der Waals surface area contributed by atoms with E-state index >= 15 is 0 Å². The molecule has 0 aliphatic rings. The second-order valence-electron chi connectivity index (χ2n) is 3.83. The summed E-state index contributed by atoms with van der Waals surface area (Å²) in [6.45, 7) is -3.23. The van der Waals surface area contributed by atoms with Gasteiger partial charge in [-0.25, -0.2) is 0 Å². The van der Waals surface area contributed by atoms with Gasteiger partial charge in [0, 0.05) is 6.20 Å². The molecule has 0 N–H and O–H groups in total. The Hall–Kier alpha value is -2.90. The highest BCUT2D eigenvalue weighted by atomic mass is 19.3. The average Bonchev–Trinajstić information content (AvgIpc) is 2.46. The molecule has 0 radical (unpaired) electrons. The van der Waals surface area contributed by atoms with Crippen molar-refractivity contribution in [3.05, 3.63) is 64.0 Å². The Bertz CT molecular complexity index is 677. The third kappa shape index (κ3) is 3.16. The number of carbonyl (C=O) groups excluding carboxylic acids is 1. The van der Waals surface area contributed by atoms with E-state index in [-0.39, 0.29) is 11.3 Å². The van der Waals surface area contributed by atoms with E-state index in [9.17, 15) is 23.7 Å². The minimum absolute atomic E-state index is 0.0326. The Morgan fingerprint density at radius 3 is 2.57 bits per heavy atom. The number of pyridine rings is 1. The molecule has 8 heteroatoms. The van der Waals surface area contributed by atoms with Crippen LogP contribution in [0.1, 0.15) is 16.1 Å². The number of rotatable bonds is 5. The van der Waals surface area contributed by atoms with E-state index in [4.69, 9.17) is 0 Å². The lowest BCUT2D eigenvalue weighted by atomic mass is 10.0. The van der Waals surface area contributed by atoms with Crippen molar-refractivity contribution in [1.82, 2.24) is 4.98 Å². The molecular weight excluding hydrogens is 286 g/mol. The van der Waals surface area contributed by atoms with Gasteiger partial charge in [-0.15, -0.1) is 0 Å². The minimum Gasteiger partial charge on any atom is -0.427 e. The Morgan fingerprint density at radius 2 is 2.00 bits per heavy atom. The second kappa shape index (κ2) is 6.04. The van der Waals surface area contributed by atoms with Crippen LogP contribution in [0, 0.1) is 10.1 Å². The maximum absolute atomic E-state index is 12.3. The third-order valence-corrected chi connectivity index (χ3v) is 2.54. The molecule has 0 aliphatic heterocycles. The van der Waals surface area contributed by atoms with Crippen molar-refractivity contribution in [2.45, 2.75) is 6.61 Å². The summed E-state index contributed by atoms with van der Waals surface area (Å²) in [5, 5.41) is 11.1.